The lowest BCUT2D eigenvalue weighted by atomic mass is 10.0. The Kier molecular flexibility index (Phi) is 5.31. The average Bonchev–Trinajstić information content (AvgIpc) is 3.04. The normalized spacial score (nSPS) is 18.9. The number of likely N-dealkylation sites (tertiary alicyclic amines) is 1. The summed E-state index contributed by atoms with van der Waals surface area (Å²) < 4.78 is 0. The van der Waals surface area contributed by atoms with Gasteiger partial charge < -0.3 is 5.11 Å². The second-order valence-corrected chi connectivity index (χ2v) is 7.60. The molecule has 0 amide bonds. The van der Waals surface area contributed by atoms with E-state index >= 15 is 0 Å². The van der Waals surface area contributed by atoms with E-state index < -0.39 is 5.97 Å². The number of carboxylic acids is 1. The van der Waals surface area contributed by atoms with E-state index in [0.717, 1.165) is 42.1 Å². The largest absolute Gasteiger partial charge is 0.480 e. The fraction of sp³-hybridized carbons (Fsp3) is 0.474. The van der Waals surface area contributed by atoms with Crippen molar-refractivity contribution in [3.8, 4) is 10.6 Å². The molecule has 1 N–H and O–H groups in total. The number of carbonyl (C=O) groups is 1. The van der Waals surface area contributed by atoms with Crippen molar-refractivity contribution in [2.24, 2.45) is 0 Å². The van der Waals surface area contributed by atoms with Gasteiger partial charge in [0.25, 0.3) is 0 Å². The predicted octanol–water partition coefficient (Wildman–Crippen LogP) is 4.37. The van der Waals surface area contributed by atoms with Crippen LogP contribution in [0.1, 0.15) is 50.3 Å². The Morgan fingerprint density at radius 1 is 1.33 bits per heavy atom. The van der Waals surface area contributed by atoms with Gasteiger partial charge in [0.05, 0.1) is 5.69 Å². The van der Waals surface area contributed by atoms with Gasteiger partial charge in [-0.25, -0.2) is 4.98 Å². The number of thiazole rings is 1. The SMILES string of the molecule is CC(C)c1ccc(-c2nc(CN3CCCCC3C(=O)O)cs2)cc1. The van der Waals surface area contributed by atoms with Gasteiger partial charge in [0, 0.05) is 17.5 Å². The van der Waals surface area contributed by atoms with Gasteiger partial charge in [-0.05, 0) is 30.9 Å². The number of hydrogen-bond donors (Lipinski definition) is 1. The van der Waals surface area contributed by atoms with Crippen LogP contribution in [0, 0.1) is 0 Å². The molecule has 0 saturated carbocycles. The first-order chi connectivity index (χ1) is 11.5. The molecule has 2 aromatic rings. The second kappa shape index (κ2) is 7.45. The van der Waals surface area contributed by atoms with E-state index in [-0.39, 0.29) is 6.04 Å². The molecule has 0 bridgehead atoms. The van der Waals surface area contributed by atoms with Gasteiger partial charge in [0.1, 0.15) is 11.0 Å². The highest BCUT2D eigenvalue weighted by Gasteiger charge is 2.28. The smallest absolute Gasteiger partial charge is 0.320 e. The number of carboxylic acid groups (broad SMARTS) is 1. The van der Waals surface area contributed by atoms with Gasteiger partial charge in [0.15, 0.2) is 0 Å². The van der Waals surface area contributed by atoms with Crippen molar-refractivity contribution in [3.05, 3.63) is 40.9 Å². The van der Waals surface area contributed by atoms with Gasteiger partial charge in [-0.15, -0.1) is 11.3 Å². The van der Waals surface area contributed by atoms with Gasteiger partial charge in [0.2, 0.25) is 0 Å². The van der Waals surface area contributed by atoms with E-state index in [1.54, 1.807) is 11.3 Å². The van der Waals surface area contributed by atoms with Crippen LogP contribution in [-0.4, -0.2) is 33.5 Å². The van der Waals surface area contributed by atoms with E-state index in [9.17, 15) is 9.90 Å². The lowest BCUT2D eigenvalue weighted by Crippen LogP contribution is -2.44. The summed E-state index contributed by atoms with van der Waals surface area (Å²) in [5, 5.41) is 12.4. The summed E-state index contributed by atoms with van der Waals surface area (Å²) >= 11 is 1.63. The quantitative estimate of drug-likeness (QED) is 0.875. The van der Waals surface area contributed by atoms with Gasteiger partial charge in [-0.2, -0.15) is 0 Å². The number of hydrogen-bond acceptors (Lipinski definition) is 4. The summed E-state index contributed by atoms with van der Waals surface area (Å²) in [6, 6.07) is 8.20. The molecule has 1 aromatic carbocycles. The molecule has 0 spiro atoms. The van der Waals surface area contributed by atoms with Gasteiger partial charge >= 0.3 is 5.97 Å². The van der Waals surface area contributed by atoms with Crippen LogP contribution in [0.3, 0.4) is 0 Å². The van der Waals surface area contributed by atoms with Crippen LogP contribution in [-0.2, 0) is 11.3 Å². The third-order valence-corrected chi connectivity index (χ3v) is 5.58. The zero-order valence-electron chi connectivity index (χ0n) is 14.2. The van der Waals surface area contributed by atoms with E-state index in [4.69, 9.17) is 4.98 Å². The first-order valence-corrected chi connectivity index (χ1v) is 9.44. The van der Waals surface area contributed by atoms with Crippen LogP contribution in [0.4, 0.5) is 0 Å². The summed E-state index contributed by atoms with van der Waals surface area (Å²) in [5.74, 6) is -0.188. The average molecular weight is 344 g/mol. The minimum atomic E-state index is -0.713. The minimum Gasteiger partial charge on any atom is -0.480 e. The predicted molar refractivity (Wildman–Crippen MR) is 97.3 cm³/mol. The Bertz CT molecular complexity index is 694. The Morgan fingerprint density at radius 2 is 2.08 bits per heavy atom. The maximum absolute atomic E-state index is 11.4. The van der Waals surface area contributed by atoms with Crippen molar-refractivity contribution >= 4 is 17.3 Å². The summed E-state index contributed by atoms with van der Waals surface area (Å²) in [6.07, 6.45) is 2.80. The molecule has 4 nitrogen and oxygen atoms in total. The molecule has 2 heterocycles. The lowest BCUT2D eigenvalue weighted by Gasteiger charge is -2.32. The molecule has 1 atom stereocenters. The molecule has 1 saturated heterocycles. The number of rotatable bonds is 5. The van der Waals surface area contributed by atoms with E-state index in [1.165, 1.54) is 5.56 Å². The van der Waals surface area contributed by atoms with E-state index in [2.05, 4.69) is 43.5 Å². The zero-order chi connectivity index (χ0) is 17.1. The van der Waals surface area contributed by atoms with Crippen LogP contribution in [0.5, 0.6) is 0 Å². The zero-order valence-corrected chi connectivity index (χ0v) is 15.1. The lowest BCUT2D eigenvalue weighted by molar-refractivity contribution is -0.144. The Balaban J connectivity index is 1.72. The molecule has 1 aliphatic rings. The number of aliphatic carboxylic acids is 1. The topological polar surface area (TPSA) is 53.4 Å². The summed E-state index contributed by atoms with van der Waals surface area (Å²) in [6.45, 7) is 5.84. The molecule has 0 radical (unpaired) electrons. The van der Waals surface area contributed by atoms with Crippen LogP contribution in [0.15, 0.2) is 29.6 Å². The summed E-state index contributed by atoms with van der Waals surface area (Å²) in [4.78, 5) is 18.2. The number of benzene rings is 1. The first kappa shape index (κ1) is 17.1. The third kappa shape index (κ3) is 3.84. The molecule has 3 rings (SSSR count). The molecule has 5 heteroatoms. The monoisotopic (exact) mass is 344 g/mol. The molecule has 1 fully saturated rings. The Morgan fingerprint density at radius 3 is 2.75 bits per heavy atom. The van der Waals surface area contributed by atoms with Gasteiger partial charge in [-0.3, -0.25) is 9.69 Å². The second-order valence-electron chi connectivity index (χ2n) is 6.74. The van der Waals surface area contributed by atoms with Crippen molar-refractivity contribution in [1.82, 2.24) is 9.88 Å². The third-order valence-electron chi connectivity index (χ3n) is 4.64. The van der Waals surface area contributed by atoms with Crippen LogP contribution in [0.2, 0.25) is 0 Å². The van der Waals surface area contributed by atoms with Crippen LogP contribution < -0.4 is 0 Å². The van der Waals surface area contributed by atoms with Crippen LogP contribution >= 0.6 is 11.3 Å². The maximum atomic E-state index is 11.4. The number of aromatic nitrogens is 1. The number of nitrogens with zero attached hydrogens (tertiary/aromatic N) is 2. The van der Waals surface area contributed by atoms with Gasteiger partial charge in [-0.1, -0.05) is 44.5 Å². The van der Waals surface area contributed by atoms with Crippen molar-refractivity contribution in [1.29, 1.82) is 0 Å². The van der Waals surface area contributed by atoms with Crippen molar-refractivity contribution in [2.75, 3.05) is 6.54 Å². The highest BCUT2D eigenvalue weighted by molar-refractivity contribution is 7.13. The molecular weight excluding hydrogens is 320 g/mol. The van der Waals surface area contributed by atoms with Crippen molar-refractivity contribution in [2.45, 2.75) is 51.6 Å². The highest BCUT2D eigenvalue weighted by atomic mass is 32.1. The van der Waals surface area contributed by atoms with Crippen molar-refractivity contribution in [3.63, 3.8) is 0 Å². The van der Waals surface area contributed by atoms with Crippen molar-refractivity contribution < 1.29 is 9.90 Å². The highest BCUT2D eigenvalue weighted by Crippen LogP contribution is 2.27. The fourth-order valence-corrected chi connectivity index (χ4v) is 4.01. The molecular formula is C19H24N2O2S. The van der Waals surface area contributed by atoms with E-state index in [1.807, 2.05) is 4.90 Å². The fourth-order valence-electron chi connectivity index (χ4n) is 3.19. The minimum absolute atomic E-state index is 0.366. The summed E-state index contributed by atoms with van der Waals surface area (Å²) in [5.41, 5.74) is 3.42. The molecule has 1 aliphatic heterocycles. The standard InChI is InChI=1S/C19H24N2O2S/c1-13(2)14-6-8-15(9-7-14)18-20-16(12-24-18)11-21-10-4-3-5-17(21)19(22)23/h6-9,12-13,17H,3-5,10-11H2,1-2H3,(H,22,23). The van der Waals surface area contributed by atoms with E-state index in [0.29, 0.717) is 12.5 Å². The molecule has 0 aliphatic carbocycles. The molecule has 24 heavy (non-hydrogen) atoms. The Hall–Kier alpha value is -1.72. The summed E-state index contributed by atoms with van der Waals surface area (Å²) in [7, 11) is 0. The number of piperidine rings is 1. The first-order valence-electron chi connectivity index (χ1n) is 8.56. The molecule has 1 aromatic heterocycles. The van der Waals surface area contributed by atoms with Crippen LogP contribution in [0.25, 0.3) is 10.6 Å². The Labute approximate surface area is 147 Å². The molecule has 128 valence electrons. The maximum Gasteiger partial charge on any atom is 0.320 e. The molecule has 1 unspecified atom stereocenters.